The maximum Gasteiger partial charge on any atom is 0.416 e. The van der Waals surface area contributed by atoms with Crippen LogP contribution in [0, 0.1) is 0 Å². The zero-order valence-electron chi connectivity index (χ0n) is 18.8. The lowest BCUT2D eigenvalue weighted by atomic mass is 9.78. The molecule has 1 unspecified atom stereocenters. The molecule has 0 radical (unpaired) electrons. The third-order valence-corrected chi connectivity index (χ3v) is 6.67. The van der Waals surface area contributed by atoms with Crippen LogP contribution in [0.3, 0.4) is 0 Å². The van der Waals surface area contributed by atoms with Gasteiger partial charge in [0, 0.05) is 12.1 Å². The molecule has 2 heterocycles. The molecule has 0 spiro atoms. The molecule has 2 aliphatic rings. The number of ether oxygens (including phenoxy) is 2. The number of amides is 1. The lowest BCUT2D eigenvalue weighted by molar-refractivity contribution is -0.137. The number of nitrogens with one attached hydrogen (secondary N) is 2. The van der Waals surface area contributed by atoms with E-state index in [0.717, 1.165) is 17.7 Å². The minimum absolute atomic E-state index is 0.0362. The highest BCUT2D eigenvalue weighted by Crippen LogP contribution is 2.37. The van der Waals surface area contributed by atoms with Crippen molar-refractivity contribution in [1.82, 2.24) is 10.6 Å². The van der Waals surface area contributed by atoms with Gasteiger partial charge in [-0.25, -0.2) is 9.18 Å². The van der Waals surface area contributed by atoms with Crippen LogP contribution in [-0.4, -0.2) is 31.4 Å². The summed E-state index contributed by atoms with van der Waals surface area (Å²) in [5, 5.41) is 6.54. The van der Waals surface area contributed by atoms with E-state index in [-0.39, 0.29) is 29.8 Å². The zero-order chi connectivity index (χ0) is 24.3. The topological polar surface area (TPSA) is 59.6 Å². The molecule has 2 N–H and O–H groups in total. The van der Waals surface area contributed by atoms with E-state index < -0.39 is 36.2 Å². The Morgan fingerprint density at radius 3 is 2.62 bits per heavy atom. The second-order valence-electron chi connectivity index (χ2n) is 8.96. The van der Waals surface area contributed by atoms with Crippen molar-refractivity contribution >= 4 is 6.09 Å². The van der Waals surface area contributed by atoms with E-state index in [0.29, 0.717) is 25.9 Å². The van der Waals surface area contributed by atoms with Gasteiger partial charge in [-0.1, -0.05) is 36.4 Å². The molecule has 2 fully saturated rings. The van der Waals surface area contributed by atoms with Crippen LogP contribution in [-0.2, 0) is 27.9 Å². The maximum atomic E-state index is 13.3. The normalized spacial score (nSPS) is 26.1. The molecule has 34 heavy (non-hydrogen) atoms. The van der Waals surface area contributed by atoms with Gasteiger partial charge >= 0.3 is 12.3 Å². The first kappa shape index (κ1) is 24.5. The molecule has 4 rings (SSSR count). The second kappa shape index (κ2) is 9.92. The minimum Gasteiger partial charge on any atom is -0.449 e. The highest BCUT2D eigenvalue weighted by molar-refractivity contribution is 5.68. The summed E-state index contributed by atoms with van der Waals surface area (Å²) in [5.41, 5.74) is -0.263. The summed E-state index contributed by atoms with van der Waals surface area (Å²) >= 11 is 0. The molecule has 0 bridgehead atoms. The van der Waals surface area contributed by atoms with Crippen LogP contribution >= 0.6 is 0 Å². The summed E-state index contributed by atoms with van der Waals surface area (Å²) in [4.78, 5) is 11.8. The van der Waals surface area contributed by atoms with E-state index in [4.69, 9.17) is 9.47 Å². The van der Waals surface area contributed by atoms with Crippen LogP contribution in [0.1, 0.15) is 54.5 Å². The van der Waals surface area contributed by atoms with Gasteiger partial charge < -0.3 is 20.1 Å². The van der Waals surface area contributed by atoms with Gasteiger partial charge in [0.25, 0.3) is 0 Å². The zero-order valence-corrected chi connectivity index (χ0v) is 18.8. The molecule has 2 aliphatic heterocycles. The summed E-state index contributed by atoms with van der Waals surface area (Å²) in [5.74, 6) is 0. The Morgan fingerprint density at radius 1 is 1.15 bits per heavy atom. The quantitative estimate of drug-likeness (QED) is 0.544. The number of carbonyl (C=O) groups is 1. The van der Waals surface area contributed by atoms with Gasteiger partial charge in [0.1, 0.15) is 6.67 Å². The van der Waals surface area contributed by atoms with Crippen molar-refractivity contribution in [2.75, 3.05) is 13.2 Å². The Morgan fingerprint density at radius 2 is 1.91 bits per heavy atom. The van der Waals surface area contributed by atoms with Gasteiger partial charge in [-0.05, 0) is 55.0 Å². The Kier molecular flexibility index (Phi) is 7.14. The van der Waals surface area contributed by atoms with E-state index in [2.05, 4.69) is 10.6 Å². The molecular weight excluding hydrogens is 452 g/mol. The molecular formula is C25H28F4N2O3. The second-order valence-corrected chi connectivity index (χ2v) is 8.96. The van der Waals surface area contributed by atoms with Crippen LogP contribution in [0.2, 0.25) is 0 Å². The van der Waals surface area contributed by atoms with Gasteiger partial charge in [-0.15, -0.1) is 0 Å². The number of rotatable bonds is 6. The molecule has 0 saturated carbocycles. The predicted molar refractivity (Wildman–Crippen MR) is 118 cm³/mol. The monoisotopic (exact) mass is 480 g/mol. The number of hydrogen-bond acceptors (Lipinski definition) is 4. The first-order chi connectivity index (χ1) is 16.2. The number of fused-ring (bicyclic) bond motifs is 1. The first-order valence-corrected chi connectivity index (χ1v) is 11.4. The van der Waals surface area contributed by atoms with Crippen LogP contribution in [0.25, 0.3) is 0 Å². The van der Waals surface area contributed by atoms with Crippen molar-refractivity contribution in [1.29, 1.82) is 0 Å². The number of alkyl carbamates (subject to hydrolysis) is 1. The molecule has 0 aliphatic carbocycles. The van der Waals surface area contributed by atoms with Crippen molar-refractivity contribution in [2.45, 2.75) is 62.8 Å². The van der Waals surface area contributed by atoms with E-state index >= 15 is 0 Å². The van der Waals surface area contributed by atoms with Crippen LogP contribution in [0.15, 0.2) is 48.5 Å². The molecule has 2 aromatic carbocycles. The fraction of sp³-hybridized carbons (Fsp3) is 0.480. The predicted octanol–water partition coefficient (Wildman–Crippen LogP) is 5.40. The third kappa shape index (κ3) is 5.36. The largest absolute Gasteiger partial charge is 0.449 e. The van der Waals surface area contributed by atoms with Gasteiger partial charge in [0.15, 0.2) is 0 Å². The molecule has 1 amide bonds. The number of alkyl halides is 4. The molecule has 9 heteroatoms. The molecule has 2 aromatic rings. The summed E-state index contributed by atoms with van der Waals surface area (Å²) < 4.78 is 64.5. The Hall–Kier alpha value is -2.65. The highest BCUT2D eigenvalue weighted by atomic mass is 19.4. The number of piperidine rings is 1. The van der Waals surface area contributed by atoms with Gasteiger partial charge in [-0.3, -0.25) is 0 Å². The summed E-state index contributed by atoms with van der Waals surface area (Å²) in [6.45, 7) is 1.16. The standard InChI is InChI=1S/C25H28F4N2O3/c1-16(18-11-17(14-26)12-20(13-18)25(27,28)29)34-15-24(19-5-3-2-4-6-19)9-7-21-22(31-24)8-10-33-23(32)30-21/h2-6,11-13,16,21-22,31H,7-10,14-15H2,1H3,(H,30,32)/t16-,21?,22-,24-/m1/s1. The van der Waals surface area contributed by atoms with Gasteiger partial charge in [0.05, 0.1) is 30.4 Å². The van der Waals surface area contributed by atoms with Crippen LogP contribution < -0.4 is 10.6 Å². The van der Waals surface area contributed by atoms with Crippen molar-refractivity contribution in [3.8, 4) is 0 Å². The minimum atomic E-state index is -4.57. The van der Waals surface area contributed by atoms with Crippen molar-refractivity contribution in [3.63, 3.8) is 0 Å². The lowest BCUT2D eigenvalue weighted by Crippen LogP contribution is -2.62. The molecule has 4 atom stereocenters. The number of hydrogen-bond donors (Lipinski definition) is 2. The van der Waals surface area contributed by atoms with Crippen molar-refractivity contribution < 1.29 is 31.8 Å². The first-order valence-electron chi connectivity index (χ1n) is 11.4. The number of benzene rings is 2. The number of carbonyl (C=O) groups excluding carboxylic acids is 1. The Labute approximate surface area is 195 Å². The lowest BCUT2D eigenvalue weighted by Gasteiger charge is -2.46. The fourth-order valence-electron chi connectivity index (χ4n) is 4.79. The van der Waals surface area contributed by atoms with E-state index in [1.54, 1.807) is 6.92 Å². The maximum absolute atomic E-state index is 13.3. The average molecular weight is 481 g/mol. The molecule has 2 saturated heterocycles. The van der Waals surface area contributed by atoms with Gasteiger partial charge in [0.2, 0.25) is 0 Å². The SMILES string of the molecule is C[C@@H](OC[C@@]1(c2ccccc2)CCC2NC(=O)OCC[C@H]2N1)c1cc(CF)cc(C(F)(F)F)c1. The van der Waals surface area contributed by atoms with Crippen molar-refractivity contribution in [2.24, 2.45) is 0 Å². The average Bonchev–Trinajstić information content (AvgIpc) is 3.02. The summed E-state index contributed by atoms with van der Waals surface area (Å²) in [6.07, 6.45) is -3.74. The fourth-order valence-corrected chi connectivity index (χ4v) is 4.79. The van der Waals surface area contributed by atoms with Crippen LogP contribution in [0.5, 0.6) is 0 Å². The van der Waals surface area contributed by atoms with Crippen molar-refractivity contribution in [3.05, 3.63) is 70.8 Å². The van der Waals surface area contributed by atoms with Crippen LogP contribution in [0.4, 0.5) is 22.4 Å². The highest BCUT2D eigenvalue weighted by Gasteiger charge is 2.43. The number of cyclic esters (lactones) is 1. The van der Waals surface area contributed by atoms with E-state index in [1.165, 1.54) is 6.07 Å². The summed E-state index contributed by atoms with van der Waals surface area (Å²) in [6, 6.07) is 12.8. The van der Waals surface area contributed by atoms with E-state index in [1.807, 2.05) is 30.3 Å². The molecule has 5 nitrogen and oxygen atoms in total. The molecule has 0 aromatic heterocycles. The van der Waals surface area contributed by atoms with Gasteiger partial charge in [-0.2, -0.15) is 13.2 Å². The summed E-state index contributed by atoms with van der Waals surface area (Å²) in [7, 11) is 0. The smallest absolute Gasteiger partial charge is 0.416 e. The number of halogens is 4. The third-order valence-electron chi connectivity index (χ3n) is 6.67. The molecule has 184 valence electrons. The Bertz CT molecular complexity index is 1000. The Balaban J connectivity index is 1.57. The van der Waals surface area contributed by atoms with E-state index in [9.17, 15) is 22.4 Å².